The van der Waals surface area contributed by atoms with Gasteiger partial charge in [0.1, 0.15) is 0 Å². The molecule has 1 heterocycles. The minimum absolute atomic E-state index is 0.0718. The van der Waals surface area contributed by atoms with Gasteiger partial charge in [-0.2, -0.15) is 0 Å². The Hall–Kier alpha value is -0.420. The number of halogens is 1. The van der Waals surface area contributed by atoms with Gasteiger partial charge in [-0.1, -0.05) is 13.8 Å². The lowest BCUT2D eigenvalue weighted by Crippen LogP contribution is -2.03. The van der Waals surface area contributed by atoms with E-state index in [9.17, 15) is 4.79 Å². The monoisotopic (exact) mass is 275 g/mol. The van der Waals surface area contributed by atoms with Crippen LogP contribution in [0.25, 0.3) is 0 Å². The second kappa shape index (κ2) is 3.03. The molecule has 2 rings (SSSR count). The Balaban J connectivity index is 2.27. The zero-order valence-electron chi connectivity index (χ0n) is 7.82. The van der Waals surface area contributed by atoms with Gasteiger partial charge >= 0.3 is 5.97 Å². The summed E-state index contributed by atoms with van der Waals surface area (Å²) in [5.41, 5.74) is 0.749. The molecule has 1 aromatic rings. The van der Waals surface area contributed by atoms with E-state index in [1.807, 2.05) is 19.2 Å². The zero-order valence-corrected chi connectivity index (χ0v) is 10.2. The maximum Gasteiger partial charge on any atom is 0.307 e. The van der Waals surface area contributed by atoms with Crippen LogP contribution in [0.3, 0.4) is 0 Å². The normalized spacial score (nSPS) is 28.8. The van der Waals surface area contributed by atoms with Crippen molar-refractivity contribution in [2.24, 2.45) is 11.3 Å². The maximum atomic E-state index is 10.9. The largest absolute Gasteiger partial charge is 0.481 e. The first-order chi connectivity index (χ1) is 6.44. The quantitative estimate of drug-likeness (QED) is 0.903. The molecule has 0 amide bonds. The number of hydrogen-bond donors (Lipinski definition) is 1. The van der Waals surface area contributed by atoms with Gasteiger partial charge in [-0.15, -0.1) is 11.3 Å². The highest BCUT2D eigenvalue weighted by Crippen LogP contribution is 2.64. The molecule has 5 heteroatoms. The number of nitrogens with zero attached hydrogens (tertiary/aromatic N) is 1. The van der Waals surface area contributed by atoms with E-state index < -0.39 is 5.97 Å². The van der Waals surface area contributed by atoms with Gasteiger partial charge in [0.15, 0.2) is 3.92 Å². The Kier molecular flexibility index (Phi) is 2.19. The zero-order chi connectivity index (χ0) is 10.5. The molecule has 0 saturated heterocycles. The molecule has 76 valence electrons. The fourth-order valence-electron chi connectivity index (χ4n) is 2.06. The molecule has 1 N–H and O–H groups in total. The van der Waals surface area contributed by atoms with Gasteiger partial charge in [0.25, 0.3) is 0 Å². The number of carbonyl (C=O) groups is 1. The molecule has 1 fully saturated rings. The van der Waals surface area contributed by atoms with Crippen molar-refractivity contribution in [1.29, 1.82) is 0 Å². The van der Waals surface area contributed by atoms with Crippen LogP contribution in [0.1, 0.15) is 25.5 Å². The van der Waals surface area contributed by atoms with Crippen LogP contribution in [-0.2, 0) is 4.79 Å². The highest BCUT2D eigenvalue weighted by atomic mass is 79.9. The first-order valence-corrected chi connectivity index (χ1v) is 5.95. The summed E-state index contributed by atoms with van der Waals surface area (Å²) in [6.45, 7) is 3.95. The molecule has 1 saturated carbocycles. The summed E-state index contributed by atoms with van der Waals surface area (Å²) in [7, 11) is 0. The SMILES string of the molecule is CC1(C)C(C(=O)O)C1c1csc(Br)n1. The summed E-state index contributed by atoms with van der Waals surface area (Å²) in [5.74, 6) is -0.928. The molecule has 0 spiro atoms. The van der Waals surface area contributed by atoms with Gasteiger partial charge in [0.2, 0.25) is 0 Å². The number of carboxylic acid groups (broad SMARTS) is 1. The minimum atomic E-state index is -0.718. The lowest BCUT2D eigenvalue weighted by atomic mass is 10.1. The average molecular weight is 276 g/mol. The van der Waals surface area contributed by atoms with Crippen molar-refractivity contribution in [2.45, 2.75) is 19.8 Å². The standard InChI is InChI=1S/C9H10BrNO2S/c1-9(2)5(6(9)7(12)13)4-3-14-8(10)11-4/h3,5-6H,1-2H3,(H,12,13). The Morgan fingerprint density at radius 1 is 1.71 bits per heavy atom. The highest BCUT2D eigenvalue weighted by molar-refractivity contribution is 9.11. The summed E-state index contributed by atoms with van der Waals surface area (Å²) < 4.78 is 0.819. The molecular formula is C9H10BrNO2S. The van der Waals surface area contributed by atoms with Crippen molar-refractivity contribution in [2.75, 3.05) is 0 Å². The van der Waals surface area contributed by atoms with E-state index in [1.165, 1.54) is 11.3 Å². The molecule has 2 unspecified atom stereocenters. The maximum absolute atomic E-state index is 10.9. The molecule has 1 aliphatic carbocycles. The third-order valence-electron chi connectivity index (χ3n) is 2.91. The van der Waals surface area contributed by atoms with Crippen molar-refractivity contribution in [1.82, 2.24) is 4.98 Å². The molecule has 3 nitrogen and oxygen atoms in total. The molecule has 0 bridgehead atoms. The van der Waals surface area contributed by atoms with Crippen molar-refractivity contribution in [3.05, 3.63) is 15.0 Å². The molecule has 14 heavy (non-hydrogen) atoms. The van der Waals surface area contributed by atoms with Crippen LogP contribution in [0.2, 0.25) is 0 Å². The summed E-state index contributed by atoms with van der Waals surface area (Å²) in [4.78, 5) is 15.2. The smallest absolute Gasteiger partial charge is 0.307 e. The molecule has 1 aromatic heterocycles. The third-order valence-corrected chi connectivity index (χ3v) is 4.29. The molecule has 1 aliphatic rings. The van der Waals surface area contributed by atoms with Crippen LogP contribution < -0.4 is 0 Å². The van der Waals surface area contributed by atoms with Crippen molar-refractivity contribution < 1.29 is 9.90 Å². The van der Waals surface area contributed by atoms with Crippen LogP contribution in [0.4, 0.5) is 0 Å². The summed E-state index contributed by atoms with van der Waals surface area (Å²) in [5, 5.41) is 10.9. The van der Waals surface area contributed by atoms with E-state index in [4.69, 9.17) is 5.11 Å². The first kappa shape index (κ1) is 10.1. The third kappa shape index (κ3) is 1.39. The topological polar surface area (TPSA) is 50.2 Å². The highest BCUT2D eigenvalue weighted by Gasteiger charge is 2.63. The Labute approximate surface area is 94.3 Å². The van der Waals surface area contributed by atoms with Crippen LogP contribution in [0, 0.1) is 11.3 Å². The second-order valence-corrected chi connectivity index (χ2v) is 6.27. The van der Waals surface area contributed by atoms with E-state index in [0.29, 0.717) is 0 Å². The molecule has 0 aromatic carbocycles. The number of thiazole rings is 1. The minimum Gasteiger partial charge on any atom is -0.481 e. The summed E-state index contributed by atoms with van der Waals surface area (Å²) in [6.07, 6.45) is 0. The Morgan fingerprint density at radius 3 is 2.71 bits per heavy atom. The summed E-state index contributed by atoms with van der Waals surface area (Å²) >= 11 is 4.78. The predicted molar refractivity (Wildman–Crippen MR) is 57.5 cm³/mol. The average Bonchev–Trinajstić information content (AvgIpc) is 2.42. The van der Waals surface area contributed by atoms with E-state index in [0.717, 1.165) is 9.61 Å². The molecule has 2 atom stereocenters. The van der Waals surface area contributed by atoms with Gasteiger partial charge in [-0.05, 0) is 21.3 Å². The van der Waals surface area contributed by atoms with Crippen LogP contribution in [-0.4, -0.2) is 16.1 Å². The van der Waals surface area contributed by atoms with Crippen LogP contribution in [0.5, 0.6) is 0 Å². The van der Waals surface area contributed by atoms with Gasteiger partial charge in [-0.25, -0.2) is 4.98 Å². The number of aromatic nitrogens is 1. The van der Waals surface area contributed by atoms with E-state index in [-0.39, 0.29) is 17.3 Å². The van der Waals surface area contributed by atoms with Crippen molar-refractivity contribution in [3.63, 3.8) is 0 Å². The number of hydrogen-bond acceptors (Lipinski definition) is 3. The van der Waals surface area contributed by atoms with E-state index in [2.05, 4.69) is 20.9 Å². The molecule has 0 aliphatic heterocycles. The Morgan fingerprint density at radius 2 is 2.36 bits per heavy atom. The van der Waals surface area contributed by atoms with Gasteiger partial charge in [0.05, 0.1) is 11.6 Å². The summed E-state index contributed by atoms with van der Waals surface area (Å²) in [6, 6.07) is 0. The van der Waals surface area contributed by atoms with Crippen molar-refractivity contribution >= 4 is 33.2 Å². The number of aliphatic carboxylic acids is 1. The van der Waals surface area contributed by atoms with Gasteiger partial charge in [-0.3, -0.25) is 4.79 Å². The fourth-order valence-corrected chi connectivity index (χ4v) is 3.12. The van der Waals surface area contributed by atoms with E-state index in [1.54, 1.807) is 0 Å². The van der Waals surface area contributed by atoms with Crippen molar-refractivity contribution in [3.8, 4) is 0 Å². The number of rotatable bonds is 2. The van der Waals surface area contributed by atoms with Gasteiger partial charge < -0.3 is 5.11 Å². The second-order valence-electron chi connectivity index (χ2n) is 4.14. The molecule has 0 radical (unpaired) electrons. The lowest BCUT2D eigenvalue weighted by Gasteiger charge is -1.97. The van der Waals surface area contributed by atoms with Crippen LogP contribution in [0.15, 0.2) is 9.30 Å². The first-order valence-electron chi connectivity index (χ1n) is 4.28. The molecular weight excluding hydrogens is 266 g/mol. The van der Waals surface area contributed by atoms with Crippen LogP contribution >= 0.6 is 27.3 Å². The van der Waals surface area contributed by atoms with Gasteiger partial charge in [0, 0.05) is 11.3 Å². The number of carboxylic acids is 1. The predicted octanol–water partition coefficient (Wildman–Crippen LogP) is 2.73. The van der Waals surface area contributed by atoms with E-state index >= 15 is 0 Å². The lowest BCUT2D eigenvalue weighted by molar-refractivity contribution is -0.139. The Bertz CT molecular complexity index is 388. The fraction of sp³-hybridized carbons (Fsp3) is 0.556.